The number of para-hydroxylation sites is 1. The van der Waals surface area contributed by atoms with E-state index in [1.165, 1.54) is 12.1 Å². The van der Waals surface area contributed by atoms with Crippen LogP contribution in [0.1, 0.15) is 18.5 Å². The summed E-state index contributed by atoms with van der Waals surface area (Å²) in [6.45, 7) is 1.79. The Kier molecular flexibility index (Phi) is 5.76. The van der Waals surface area contributed by atoms with Gasteiger partial charge in [0.2, 0.25) is 5.95 Å². The monoisotopic (exact) mass is 486 g/mol. The summed E-state index contributed by atoms with van der Waals surface area (Å²) in [6.07, 6.45) is 0. The molecular weight excluding hydrogens is 468 g/mol. The average molecular weight is 487 g/mol. The molecule has 0 spiro atoms. The molecule has 0 aliphatic carbocycles. The number of hydrogen-bond acceptors (Lipinski definition) is 6. The predicted octanol–water partition coefficient (Wildman–Crippen LogP) is 5.43. The molecule has 1 aromatic heterocycles. The number of nitro benzene ring substituents is 1. The molecule has 1 aliphatic rings. The van der Waals surface area contributed by atoms with Crippen LogP contribution < -0.4 is 10.6 Å². The minimum Gasteiger partial charge on any atom is -0.328 e. The van der Waals surface area contributed by atoms with E-state index in [9.17, 15) is 14.9 Å². The fourth-order valence-corrected chi connectivity index (χ4v) is 4.10. The van der Waals surface area contributed by atoms with Gasteiger partial charge in [-0.1, -0.05) is 29.8 Å². The minimum atomic E-state index is -0.663. The summed E-state index contributed by atoms with van der Waals surface area (Å²) in [5.41, 5.74) is 3.04. The molecule has 0 saturated carbocycles. The van der Waals surface area contributed by atoms with Crippen molar-refractivity contribution in [3.63, 3.8) is 0 Å². The number of aromatic nitrogens is 3. The van der Waals surface area contributed by atoms with Crippen LogP contribution in [-0.4, -0.2) is 25.6 Å². The van der Waals surface area contributed by atoms with Crippen LogP contribution in [0.4, 0.5) is 17.3 Å². The number of amides is 1. The second-order valence-electron chi connectivity index (χ2n) is 7.95. The zero-order valence-electron chi connectivity index (χ0n) is 18.5. The molecule has 4 aromatic rings. The third kappa shape index (κ3) is 4.36. The summed E-state index contributed by atoms with van der Waals surface area (Å²) < 4.78 is 1.62. The second-order valence-corrected chi connectivity index (χ2v) is 8.38. The van der Waals surface area contributed by atoms with E-state index in [1.807, 2.05) is 30.3 Å². The zero-order valence-corrected chi connectivity index (χ0v) is 19.2. The van der Waals surface area contributed by atoms with Crippen molar-refractivity contribution < 1.29 is 9.72 Å². The number of rotatable bonds is 5. The SMILES string of the molecule is CC1=C(C(=O)Nc2ccccc2)[C@@H](c2ccc([N+](=O)[O-])cc2)n2nc(-c3ccc(Cl)cc3)nc2N1. The molecule has 2 heterocycles. The Labute approximate surface area is 205 Å². The van der Waals surface area contributed by atoms with Gasteiger partial charge in [0.05, 0.1) is 10.5 Å². The van der Waals surface area contributed by atoms with E-state index in [-0.39, 0.29) is 11.6 Å². The molecule has 174 valence electrons. The predicted molar refractivity (Wildman–Crippen MR) is 133 cm³/mol. The van der Waals surface area contributed by atoms with Crippen LogP contribution >= 0.6 is 11.6 Å². The highest BCUT2D eigenvalue weighted by Gasteiger charge is 2.34. The third-order valence-corrected chi connectivity index (χ3v) is 5.90. The molecule has 0 unspecified atom stereocenters. The van der Waals surface area contributed by atoms with Gasteiger partial charge >= 0.3 is 0 Å². The van der Waals surface area contributed by atoms with E-state index in [4.69, 9.17) is 16.7 Å². The molecule has 0 fully saturated rings. The lowest BCUT2D eigenvalue weighted by Crippen LogP contribution is -2.31. The Hall–Kier alpha value is -4.50. The summed E-state index contributed by atoms with van der Waals surface area (Å²) in [7, 11) is 0. The van der Waals surface area contributed by atoms with Gasteiger partial charge in [-0.25, -0.2) is 4.68 Å². The van der Waals surface area contributed by atoms with E-state index in [0.29, 0.717) is 39.3 Å². The van der Waals surface area contributed by atoms with E-state index >= 15 is 0 Å². The Morgan fingerprint density at radius 1 is 1.06 bits per heavy atom. The average Bonchev–Trinajstić information content (AvgIpc) is 3.27. The van der Waals surface area contributed by atoms with Gasteiger partial charge in [0, 0.05) is 34.1 Å². The van der Waals surface area contributed by atoms with Gasteiger partial charge in [-0.15, -0.1) is 5.10 Å². The number of nitro groups is 1. The first-order chi connectivity index (χ1) is 16.9. The van der Waals surface area contributed by atoms with Gasteiger partial charge in [-0.3, -0.25) is 14.9 Å². The van der Waals surface area contributed by atoms with Gasteiger partial charge in [-0.2, -0.15) is 4.98 Å². The molecule has 9 nitrogen and oxygen atoms in total. The molecule has 1 aliphatic heterocycles. The lowest BCUT2D eigenvalue weighted by atomic mass is 9.95. The number of nitrogens with zero attached hydrogens (tertiary/aromatic N) is 4. The van der Waals surface area contributed by atoms with Crippen molar-refractivity contribution in [2.75, 3.05) is 10.6 Å². The zero-order chi connectivity index (χ0) is 24.5. The molecule has 1 amide bonds. The fourth-order valence-electron chi connectivity index (χ4n) is 3.97. The van der Waals surface area contributed by atoms with Crippen LogP contribution in [0.3, 0.4) is 0 Å². The van der Waals surface area contributed by atoms with Gasteiger partial charge in [0.1, 0.15) is 6.04 Å². The van der Waals surface area contributed by atoms with E-state index in [2.05, 4.69) is 15.6 Å². The molecule has 0 radical (unpaired) electrons. The number of halogens is 1. The van der Waals surface area contributed by atoms with Crippen molar-refractivity contribution in [1.29, 1.82) is 0 Å². The largest absolute Gasteiger partial charge is 0.328 e. The summed E-state index contributed by atoms with van der Waals surface area (Å²) in [4.78, 5) is 28.8. The van der Waals surface area contributed by atoms with Crippen molar-refractivity contribution >= 4 is 34.8 Å². The first kappa shape index (κ1) is 22.3. The second kappa shape index (κ2) is 9.03. The fraction of sp³-hybridized carbons (Fsp3) is 0.0800. The summed E-state index contributed by atoms with van der Waals surface area (Å²) in [6, 6.07) is 21.7. The summed E-state index contributed by atoms with van der Waals surface area (Å²) in [5, 5.41) is 22.6. The van der Waals surface area contributed by atoms with Gasteiger partial charge in [0.15, 0.2) is 5.82 Å². The molecule has 35 heavy (non-hydrogen) atoms. The Morgan fingerprint density at radius 2 is 1.74 bits per heavy atom. The van der Waals surface area contributed by atoms with Crippen molar-refractivity contribution in [2.24, 2.45) is 0 Å². The highest BCUT2D eigenvalue weighted by Crippen LogP contribution is 2.37. The highest BCUT2D eigenvalue weighted by atomic mass is 35.5. The maximum atomic E-state index is 13.5. The maximum absolute atomic E-state index is 13.5. The number of benzene rings is 3. The summed E-state index contributed by atoms with van der Waals surface area (Å²) in [5.74, 6) is 0.583. The summed E-state index contributed by atoms with van der Waals surface area (Å²) >= 11 is 6.02. The van der Waals surface area contributed by atoms with Gasteiger partial charge in [0.25, 0.3) is 11.6 Å². The Bertz CT molecular complexity index is 1450. The number of carbonyl (C=O) groups is 1. The third-order valence-electron chi connectivity index (χ3n) is 5.65. The van der Waals surface area contributed by atoms with Gasteiger partial charge < -0.3 is 10.6 Å². The molecule has 0 saturated heterocycles. The first-order valence-electron chi connectivity index (χ1n) is 10.7. The quantitative estimate of drug-likeness (QED) is 0.287. The molecule has 1 atom stereocenters. The van der Waals surface area contributed by atoms with Crippen molar-refractivity contribution in [2.45, 2.75) is 13.0 Å². The highest BCUT2D eigenvalue weighted by molar-refractivity contribution is 6.30. The molecule has 10 heteroatoms. The van der Waals surface area contributed by atoms with Crippen LogP contribution in [0.2, 0.25) is 5.02 Å². The smallest absolute Gasteiger partial charge is 0.269 e. The lowest BCUT2D eigenvalue weighted by molar-refractivity contribution is -0.384. The van der Waals surface area contributed by atoms with Crippen LogP contribution in [0.5, 0.6) is 0 Å². The van der Waals surface area contributed by atoms with Crippen molar-refractivity contribution in [3.8, 4) is 11.4 Å². The van der Waals surface area contributed by atoms with E-state index < -0.39 is 11.0 Å². The number of allylic oxidation sites excluding steroid dienone is 1. The number of anilines is 2. The molecule has 5 rings (SSSR count). The van der Waals surface area contributed by atoms with Crippen molar-refractivity contribution in [3.05, 3.63) is 111 Å². The number of carbonyl (C=O) groups excluding carboxylic acids is 1. The Balaban J connectivity index is 1.60. The number of fused-ring (bicyclic) bond motifs is 1. The lowest BCUT2D eigenvalue weighted by Gasteiger charge is -2.28. The van der Waals surface area contributed by atoms with Crippen LogP contribution in [0, 0.1) is 10.1 Å². The Morgan fingerprint density at radius 3 is 2.40 bits per heavy atom. The van der Waals surface area contributed by atoms with Crippen LogP contribution in [0.15, 0.2) is 90.1 Å². The molecule has 0 bridgehead atoms. The number of hydrogen-bond donors (Lipinski definition) is 2. The molecule has 2 N–H and O–H groups in total. The number of nitrogens with one attached hydrogen (secondary N) is 2. The molecule has 3 aromatic carbocycles. The topological polar surface area (TPSA) is 115 Å². The normalized spacial score (nSPS) is 14.7. The van der Waals surface area contributed by atoms with Crippen molar-refractivity contribution in [1.82, 2.24) is 14.8 Å². The standard InChI is InChI=1S/C25H19ClN6O3/c1-15-21(24(33)28-19-5-3-2-4-6-19)22(16-9-13-20(14-10-16)32(34)35)31-25(27-15)29-23(30-31)17-7-11-18(26)12-8-17/h2-14,22H,1H3,(H,28,33)(H,27,29,30)/t22-/m1/s1. The van der Waals surface area contributed by atoms with E-state index in [1.54, 1.807) is 48.0 Å². The van der Waals surface area contributed by atoms with Gasteiger partial charge in [-0.05, 0) is 61.0 Å². The number of non-ortho nitro benzene ring substituents is 1. The maximum Gasteiger partial charge on any atom is 0.269 e. The van der Waals surface area contributed by atoms with Crippen LogP contribution in [0.25, 0.3) is 11.4 Å². The first-order valence-corrected chi connectivity index (χ1v) is 11.1. The van der Waals surface area contributed by atoms with E-state index in [0.717, 1.165) is 5.56 Å². The minimum absolute atomic E-state index is 0.0423. The molecular formula is C25H19ClN6O3. The van der Waals surface area contributed by atoms with Crippen LogP contribution in [-0.2, 0) is 4.79 Å².